The number of hydrogen-bond donors (Lipinski definition) is 2. The maximum Gasteiger partial charge on any atom is 0.315 e. The minimum absolute atomic E-state index is 0.0604. The molecular formula is C19H24N2O2S. The maximum absolute atomic E-state index is 12.1. The molecule has 0 fully saturated rings. The van der Waals surface area contributed by atoms with Gasteiger partial charge in [0.2, 0.25) is 0 Å². The van der Waals surface area contributed by atoms with Crippen LogP contribution in [0.15, 0.2) is 47.4 Å². The summed E-state index contributed by atoms with van der Waals surface area (Å²) >= 11 is 0. The van der Waals surface area contributed by atoms with Gasteiger partial charge in [0.25, 0.3) is 0 Å². The first-order valence-electron chi connectivity index (χ1n) is 7.91. The van der Waals surface area contributed by atoms with E-state index in [1.165, 1.54) is 11.1 Å². The standard InChI is InChI=1S/C19H24N2O2S/c1-13-6-5-7-18(14(13)2)15(3)21-19(22)20-12-16-8-10-17(11-9-16)24(4)23/h5-11,15H,12H2,1-4H3,(H2,20,21,22). The lowest BCUT2D eigenvalue weighted by molar-refractivity contribution is 0.237. The van der Waals surface area contributed by atoms with Crippen LogP contribution in [-0.4, -0.2) is 16.5 Å². The van der Waals surface area contributed by atoms with Crippen molar-refractivity contribution in [3.05, 3.63) is 64.7 Å². The van der Waals surface area contributed by atoms with Crippen LogP contribution in [0.4, 0.5) is 4.79 Å². The average molecular weight is 344 g/mol. The minimum Gasteiger partial charge on any atom is -0.334 e. The van der Waals surface area contributed by atoms with Crippen molar-refractivity contribution in [1.82, 2.24) is 10.6 Å². The molecule has 0 saturated carbocycles. The van der Waals surface area contributed by atoms with Crippen LogP contribution in [0.3, 0.4) is 0 Å². The number of urea groups is 1. The molecule has 2 aromatic rings. The molecule has 0 aliphatic heterocycles. The van der Waals surface area contributed by atoms with Crippen molar-refractivity contribution in [3.63, 3.8) is 0 Å². The molecule has 2 unspecified atom stereocenters. The van der Waals surface area contributed by atoms with Gasteiger partial charge in [-0.05, 0) is 55.2 Å². The summed E-state index contributed by atoms with van der Waals surface area (Å²) in [7, 11) is -0.983. The summed E-state index contributed by atoms with van der Waals surface area (Å²) in [5.41, 5.74) is 4.52. The Kier molecular flexibility index (Phi) is 6.15. The molecule has 4 nitrogen and oxygen atoms in total. The van der Waals surface area contributed by atoms with Crippen molar-refractivity contribution in [2.75, 3.05) is 6.26 Å². The van der Waals surface area contributed by atoms with E-state index in [9.17, 15) is 9.00 Å². The molecular weight excluding hydrogens is 320 g/mol. The number of benzene rings is 2. The highest BCUT2D eigenvalue weighted by Crippen LogP contribution is 2.19. The highest BCUT2D eigenvalue weighted by molar-refractivity contribution is 7.84. The molecule has 0 aromatic heterocycles. The van der Waals surface area contributed by atoms with Crippen molar-refractivity contribution in [2.45, 2.75) is 38.3 Å². The predicted octanol–water partition coefficient (Wildman–Crippen LogP) is 3.60. The quantitative estimate of drug-likeness (QED) is 0.871. The van der Waals surface area contributed by atoms with Gasteiger partial charge in [0.1, 0.15) is 0 Å². The zero-order valence-corrected chi connectivity index (χ0v) is 15.4. The number of nitrogens with one attached hydrogen (secondary N) is 2. The molecule has 0 bridgehead atoms. The fourth-order valence-electron chi connectivity index (χ4n) is 2.55. The summed E-state index contributed by atoms with van der Waals surface area (Å²) in [6.07, 6.45) is 1.65. The minimum atomic E-state index is -0.983. The molecule has 0 spiro atoms. The van der Waals surface area contributed by atoms with Crippen LogP contribution in [-0.2, 0) is 17.3 Å². The van der Waals surface area contributed by atoms with Crippen molar-refractivity contribution in [3.8, 4) is 0 Å². The van der Waals surface area contributed by atoms with E-state index in [1.54, 1.807) is 6.26 Å². The first-order chi connectivity index (χ1) is 11.4. The van der Waals surface area contributed by atoms with Crippen LogP contribution >= 0.6 is 0 Å². The molecule has 2 aromatic carbocycles. The highest BCUT2D eigenvalue weighted by atomic mass is 32.2. The summed E-state index contributed by atoms with van der Waals surface area (Å²) in [4.78, 5) is 12.9. The van der Waals surface area contributed by atoms with Crippen LogP contribution in [0.5, 0.6) is 0 Å². The Balaban J connectivity index is 1.91. The predicted molar refractivity (Wildman–Crippen MR) is 98.5 cm³/mol. The number of hydrogen-bond acceptors (Lipinski definition) is 2. The lowest BCUT2D eigenvalue weighted by Crippen LogP contribution is -2.36. The summed E-state index contributed by atoms with van der Waals surface area (Å²) < 4.78 is 11.4. The van der Waals surface area contributed by atoms with Crippen molar-refractivity contribution >= 4 is 16.8 Å². The van der Waals surface area contributed by atoms with E-state index in [2.05, 4.69) is 30.5 Å². The topological polar surface area (TPSA) is 58.2 Å². The Labute approximate surface area is 146 Å². The van der Waals surface area contributed by atoms with E-state index in [-0.39, 0.29) is 12.1 Å². The van der Waals surface area contributed by atoms with Gasteiger partial charge >= 0.3 is 6.03 Å². The molecule has 0 radical (unpaired) electrons. The summed E-state index contributed by atoms with van der Waals surface area (Å²) in [6.45, 7) is 6.55. The van der Waals surface area contributed by atoms with Crippen LogP contribution in [0.2, 0.25) is 0 Å². The Morgan fingerprint density at radius 2 is 1.79 bits per heavy atom. The number of rotatable bonds is 5. The normalized spacial score (nSPS) is 13.2. The van der Waals surface area contributed by atoms with Gasteiger partial charge in [-0.3, -0.25) is 4.21 Å². The van der Waals surface area contributed by atoms with Crippen LogP contribution in [0.25, 0.3) is 0 Å². The van der Waals surface area contributed by atoms with Crippen molar-refractivity contribution in [2.24, 2.45) is 0 Å². The molecule has 0 aliphatic rings. The lowest BCUT2D eigenvalue weighted by atomic mass is 9.98. The second kappa shape index (κ2) is 8.11. The third-order valence-electron chi connectivity index (χ3n) is 4.17. The molecule has 2 atom stereocenters. The van der Waals surface area contributed by atoms with Crippen LogP contribution in [0, 0.1) is 13.8 Å². The third-order valence-corrected chi connectivity index (χ3v) is 5.11. The first kappa shape index (κ1) is 18.2. The Hall–Kier alpha value is -2.14. The van der Waals surface area contributed by atoms with Gasteiger partial charge in [-0.2, -0.15) is 0 Å². The average Bonchev–Trinajstić information content (AvgIpc) is 2.55. The third kappa shape index (κ3) is 4.68. The molecule has 0 saturated heterocycles. The van der Waals surface area contributed by atoms with Gasteiger partial charge in [0.15, 0.2) is 0 Å². The molecule has 0 aliphatic carbocycles. The maximum atomic E-state index is 12.1. The molecule has 128 valence electrons. The van der Waals surface area contributed by atoms with E-state index in [0.29, 0.717) is 6.54 Å². The Bertz CT molecular complexity index is 742. The SMILES string of the molecule is Cc1cccc(C(C)NC(=O)NCc2ccc(S(C)=O)cc2)c1C. The van der Waals surface area contributed by atoms with Crippen LogP contribution in [0.1, 0.15) is 35.2 Å². The van der Waals surface area contributed by atoms with Crippen molar-refractivity contribution < 1.29 is 9.00 Å². The van der Waals surface area contributed by atoms with Gasteiger partial charge in [0, 0.05) is 28.5 Å². The van der Waals surface area contributed by atoms with Crippen molar-refractivity contribution in [1.29, 1.82) is 0 Å². The van der Waals surface area contributed by atoms with Gasteiger partial charge in [0.05, 0.1) is 6.04 Å². The molecule has 2 N–H and O–H groups in total. The molecule has 24 heavy (non-hydrogen) atoms. The number of aryl methyl sites for hydroxylation is 1. The fourth-order valence-corrected chi connectivity index (χ4v) is 3.07. The van der Waals surface area contributed by atoms with E-state index in [1.807, 2.05) is 43.3 Å². The van der Waals surface area contributed by atoms with Crippen LogP contribution < -0.4 is 10.6 Å². The van der Waals surface area contributed by atoms with E-state index in [4.69, 9.17) is 0 Å². The smallest absolute Gasteiger partial charge is 0.315 e. The first-order valence-corrected chi connectivity index (χ1v) is 9.47. The number of carbonyl (C=O) groups excluding carboxylic acids is 1. The van der Waals surface area contributed by atoms with Gasteiger partial charge in [-0.1, -0.05) is 30.3 Å². The summed E-state index contributed by atoms with van der Waals surface area (Å²) in [6, 6.07) is 13.3. The Morgan fingerprint density at radius 1 is 1.12 bits per heavy atom. The Morgan fingerprint density at radius 3 is 2.42 bits per heavy atom. The van der Waals surface area contributed by atoms with E-state index in [0.717, 1.165) is 16.0 Å². The highest BCUT2D eigenvalue weighted by Gasteiger charge is 2.12. The summed E-state index contributed by atoms with van der Waals surface area (Å²) in [5.74, 6) is 0. The second-order valence-corrected chi connectivity index (χ2v) is 7.32. The zero-order valence-electron chi connectivity index (χ0n) is 14.6. The fraction of sp³-hybridized carbons (Fsp3) is 0.316. The molecule has 0 heterocycles. The summed E-state index contributed by atoms with van der Waals surface area (Å²) in [5, 5.41) is 5.82. The molecule has 2 amide bonds. The zero-order chi connectivity index (χ0) is 17.7. The van der Waals surface area contributed by atoms with E-state index >= 15 is 0 Å². The molecule has 5 heteroatoms. The lowest BCUT2D eigenvalue weighted by Gasteiger charge is -2.18. The van der Waals surface area contributed by atoms with E-state index < -0.39 is 10.8 Å². The van der Waals surface area contributed by atoms with Gasteiger partial charge < -0.3 is 10.6 Å². The number of carbonyl (C=O) groups is 1. The van der Waals surface area contributed by atoms with Gasteiger partial charge in [-0.15, -0.1) is 0 Å². The van der Waals surface area contributed by atoms with Gasteiger partial charge in [-0.25, -0.2) is 4.79 Å². The number of amides is 2. The molecule has 2 rings (SSSR count). The largest absolute Gasteiger partial charge is 0.334 e. The monoisotopic (exact) mass is 344 g/mol. The second-order valence-electron chi connectivity index (χ2n) is 5.94.